The normalized spacial score (nSPS) is 17.6. The van der Waals surface area contributed by atoms with E-state index in [4.69, 9.17) is 0 Å². The van der Waals surface area contributed by atoms with Crippen molar-refractivity contribution >= 4 is 11.9 Å². The molecule has 0 radical (unpaired) electrons. The Hall–Kier alpha value is -2.89. The van der Waals surface area contributed by atoms with Gasteiger partial charge < -0.3 is 15.5 Å². The van der Waals surface area contributed by atoms with Crippen molar-refractivity contribution in [1.29, 1.82) is 0 Å². The number of nitrogens with one attached hydrogen (secondary N) is 2. The van der Waals surface area contributed by atoms with Gasteiger partial charge in [-0.3, -0.25) is 9.78 Å². The van der Waals surface area contributed by atoms with E-state index in [1.54, 1.807) is 17.2 Å². The van der Waals surface area contributed by atoms with Crippen molar-refractivity contribution in [2.24, 2.45) is 0 Å². The number of carbonyl (C=O) groups is 2. The lowest BCUT2D eigenvalue weighted by atomic mass is 10.1. The summed E-state index contributed by atoms with van der Waals surface area (Å²) in [4.78, 5) is 30.7. The number of hydrogen-bond acceptors (Lipinski definition) is 3. The number of urea groups is 1. The molecule has 1 aliphatic heterocycles. The number of aromatic nitrogens is 1. The highest BCUT2D eigenvalue weighted by atomic mass is 16.2. The van der Waals surface area contributed by atoms with Crippen molar-refractivity contribution in [1.82, 2.24) is 20.5 Å². The summed E-state index contributed by atoms with van der Waals surface area (Å²) in [5.74, 6) is -0.0418. The highest BCUT2D eigenvalue weighted by Gasteiger charge is 2.28. The van der Waals surface area contributed by atoms with Crippen LogP contribution in [0, 0.1) is 6.92 Å². The third-order valence-electron chi connectivity index (χ3n) is 4.62. The zero-order chi connectivity index (χ0) is 18.5. The molecule has 3 amide bonds. The zero-order valence-corrected chi connectivity index (χ0v) is 15.1. The molecule has 2 heterocycles. The quantitative estimate of drug-likeness (QED) is 0.888. The Morgan fingerprint density at radius 3 is 2.65 bits per heavy atom. The maximum atomic E-state index is 12.5. The van der Waals surface area contributed by atoms with Crippen LogP contribution in [0.3, 0.4) is 0 Å². The first-order chi connectivity index (χ1) is 12.5. The molecule has 136 valence electrons. The van der Waals surface area contributed by atoms with E-state index in [2.05, 4.69) is 15.6 Å². The Kier molecular flexibility index (Phi) is 5.51. The molecule has 2 N–H and O–H groups in total. The number of pyridine rings is 1. The van der Waals surface area contributed by atoms with Gasteiger partial charge in [0.25, 0.3) is 5.91 Å². The molecule has 0 bridgehead atoms. The van der Waals surface area contributed by atoms with E-state index >= 15 is 0 Å². The molecule has 1 saturated heterocycles. The third-order valence-corrected chi connectivity index (χ3v) is 4.62. The van der Waals surface area contributed by atoms with Crippen LogP contribution in [-0.4, -0.2) is 41.0 Å². The summed E-state index contributed by atoms with van der Waals surface area (Å²) < 4.78 is 0. The molecule has 0 aliphatic carbocycles. The maximum absolute atomic E-state index is 12.5. The fourth-order valence-electron chi connectivity index (χ4n) is 3.09. The molecule has 1 aromatic heterocycles. The van der Waals surface area contributed by atoms with Gasteiger partial charge in [-0.2, -0.15) is 0 Å². The number of hydrogen-bond donors (Lipinski definition) is 2. The Balaban J connectivity index is 1.50. The largest absolute Gasteiger partial charge is 0.336 e. The van der Waals surface area contributed by atoms with E-state index in [-0.39, 0.29) is 24.0 Å². The number of benzene rings is 1. The highest BCUT2D eigenvalue weighted by molar-refractivity contribution is 5.94. The molecule has 1 aromatic carbocycles. The summed E-state index contributed by atoms with van der Waals surface area (Å²) in [6.45, 7) is 4.98. The molecule has 6 nitrogen and oxygen atoms in total. The minimum absolute atomic E-state index is 0.0414. The van der Waals surface area contributed by atoms with Gasteiger partial charge >= 0.3 is 6.03 Å². The standard InChI is InChI=1S/C20H24N4O2/c1-14-8-9-17(12-21-14)19(25)24-11-10-18(13-24)23-20(26)22-15(2)16-6-4-3-5-7-16/h3-9,12,15,18H,10-11,13H2,1-2H3,(H2,22,23,26)/t15-,18+/m0/s1. The molecule has 1 aliphatic rings. The van der Waals surface area contributed by atoms with Gasteiger partial charge in [-0.15, -0.1) is 0 Å². The minimum atomic E-state index is -0.211. The van der Waals surface area contributed by atoms with E-state index in [1.807, 2.05) is 50.2 Å². The molecular weight excluding hydrogens is 328 g/mol. The second-order valence-corrected chi connectivity index (χ2v) is 6.68. The van der Waals surface area contributed by atoms with Crippen molar-refractivity contribution in [2.75, 3.05) is 13.1 Å². The van der Waals surface area contributed by atoms with Crippen molar-refractivity contribution < 1.29 is 9.59 Å². The van der Waals surface area contributed by atoms with Crippen LogP contribution in [-0.2, 0) is 0 Å². The summed E-state index contributed by atoms with van der Waals surface area (Å²) in [5.41, 5.74) is 2.52. The van der Waals surface area contributed by atoms with Gasteiger partial charge in [0.15, 0.2) is 0 Å². The van der Waals surface area contributed by atoms with Gasteiger partial charge in [-0.1, -0.05) is 30.3 Å². The second kappa shape index (κ2) is 7.99. The van der Waals surface area contributed by atoms with E-state index in [9.17, 15) is 9.59 Å². The van der Waals surface area contributed by atoms with E-state index in [0.29, 0.717) is 18.7 Å². The number of aryl methyl sites for hydroxylation is 1. The van der Waals surface area contributed by atoms with Crippen molar-refractivity contribution in [3.63, 3.8) is 0 Å². The van der Waals surface area contributed by atoms with Crippen molar-refractivity contribution in [3.8, 4) is 0 Å². The molecule has 2 aromatic rings. The molecule has 2 atom stereocenters. The molecule has 0 saturated carbocycles. The summed E-state index contributed by atoms with van der Waals surface area (Å²) in [5, 5.41) is 5.91. The maximum Gasteiger partial charge on any atom is 0.315 e. The Morgan fingerprint density at radius 1 is 1.19 bits per heavy atom. The van der Waals surface area contributed by atoms with Gasteiger partial charge in [0.2, 0.25) is 0 Å². The monoisotopic (exact) mass is 352 g/mol. The van der Waals surface area contributed by atoms with Gasteiger partial charge in [-0.25, -0.2) is 4.79 Å². The van der Waals surface area contributed by atoms with Crippen LogP contribution in [0.1, 0.15) is 41.0 Å². The summed E-state index contributed by atoms with van der Waals surface area (Å²) in [6, 6.07) is 13.1. The molecule has 0 spiro atoms. The topological polar surface area (TPSA) is 74.3 Å². The van der Waals surface area contributed by atoms with Gasteiger partial charge in [0, 0.05) is 31.0 Å². The average Bonchev–Trinajstić information content (AvgIpc) is 3.10. The molecule has 6 heteroatoms. The first kappa shape index (κ1) is 17.9. The predicted molar refractivity (Wildman–Crippen MR) is 99.8 cm³/mol. The van der Waals surface area contributed by atoms with Gasteiger partial charge in [0.1, 0.15) is 0 Å². The first-order valence-corrected chi connectivity index (χ1v) is 8.87. The number of rotatable bonds is 4. The number of carbonyl (C=O) groups excluding carboxylic acids is 2. The molecule has 1 fully saturated rings. The van der Waals surface area contributed by atoms with E-state index < -0.39 is 0 Å². The molecule has 0 unspecified atom stereocenters. The van der Waals surface area contributed by atoms with Crippen LogP contribution in [0.5, 0.6) is 0 Å². The Labute approximate surface area is 153 Å². The summed E-state index contributed by atoms with van der Waals surface area (Å²) in [7, 11) is 0. The predicted octanol–water partition coefficient (Wildman–Crippen LogP) is 2.66. The lowest BCUT2D eigenvalue weighted by Crippen LogP contribution is -2.44. The van der Waals surface area contributed by atoms with Crippen molar-refractivity contribution in [3.05, 3.63) is 65.5 Å². The van der Waals surface area contributed by atoms with Crippen LogP contribution in [0.4, 0.5) is 4.79 Å². The fraction of sp³-hybridized carbons (Fsp3) is 0.350. The first-order valence-electron chi connectivity index (χ1n) is 8.87. The Morgan fingerprint density at radius 2 is 1.96 bits per heavy atom. The summed E-state index contributed by atoms with van der Waals surface area (Å²) >= 11 is 0. The van der Waals surface area contributed by atoms with Crippen LogP contribution >= 0.6 is 0 Å². The fourth-order valence-corrected chi connectivity index (χ4v) is 3.09. The number of likely N-dealkylation sites (tertiary alicyclic amines) is 1. The third kappa shape index (κ3) is 4.39. The van der Waals surface area contributed by atoms with Crippen LogP contribution in [0.15, 0.2) is 48.7 Å². The lowest BCUT2D eigenvalue weighted by Gasteiger charge is -2.19. The average molecular weight is 352 g/mol. The Bertz CT molecular complexity index is 761. The SMILES string of the molecule is Cc1ccc(C(=O)N2CC[C@@H](NC(=O)N[C@@H](C)c3ccccc3)C2)cn1. The van der Waals surface area contributed by atoms with Crippen LogP contribution in [0.2, 0.25) is 0 Å². The minimum Gasteiger partial charge on any atom is -0.336 e. The van der Waals surface area contributed by atoms with Gasteiger partial charge in [0.05, 0.1) is 11.6 Å². The molecule has 26 heavy (non-hydrogen) atoms. The second-order valence-electron chi connectivity index (χ2n) is 6.68. The number of amides is 3. The highest BCUT2D eigenvalue weighted by Crippen LogP contribution is 2.14. The smallest absolute Gasteiger partial charge is 0.315 e. The lowest BCUT2D eigenvalue weighted by molar-refractivity contribution is 0.0789. The molecule has 3 rings (SSSR count). The van der Waals surface area contributed by atoms with Crippen LogP contribution in [0.25, 0.3) is 0 Å². The number of nitrogens with zero attached hydrogens (tertiary/aromatic N) is 2. The van der Waals surface area contributed by atoms with E-state index in [0.717, 1.165) is 17.7 Å². The molecular formula is C20H24N4O2. The summed E-state index contributed by atoms with van der Waals surface area (Å²) in [6.07, 6.45) is 2.35. The van der Waals surface area contributed by atoms with Crippen LogP contribution < -0.4 is 10.6 Å². The zero-order valence-electron chi connectivity index (χ0n) is 15.1. The van der Waals surface area contributed by atoms with E-state index in [1.165, 1.54) is 0 Å². The van der Waals surface area contributed by atoms with Crippen molar-refractivity contribution in [2.45, 2.75) is 32.4 Å². The van der Waals surface area contributed by atoms with Gasteiger partial charge in [-0.05, 0) is 38.0 Å².